The van der Waals surface area contributed by atoms with Gasteiger partial charge >= 0.3 is 5.69 Å². The van der Waals surface area contributed by atoms with E-state index in [1.165, 1.54) is 16.8 Å². The van der Waals surface area contributed by atoms with Crippen molar-refractivity contribution in [3.63, 3.8) is 0 Å². The molecule has 0 aliphatic carbocycles. The number of nitrogens with one attached hydrogen (secondary N) is 1. The summed E-state index contributed by atoms with van der Waals surface area (Å²) in [5.41, 5.74) is -0.913. The number of amides is 1. The third-order valence-corrected chi connectivity index (χ3v) is 3.37. The molecule has 2 heterocycles. The molecule has 7 nitrogen and oxygen atoms in total. The van der Waals surface area contributed by atoms with Crippen molar-refractivity contribution in [1.82, 2.24) is 14.5 Å². The van der Waals surface area contributed by atoms with Gasteiger partial charge in [-0.15, -0.1) is 0 Å². The summed E-state index contributed by atoms with van der Waals surface area (Å²) in [4.78, 5) is 35.6. The average molecular weight is 281 g/mol. The van der Waals surface area contributed by atoms with E-state index in [9.17, 15) is 14.4 Å². The van der Waals surface area contributed by atoms with E-state index in [0.717, 1.165) is 17.4 Å². The molecule has 1 N–H and O–H groups in total. The zero-order valence-corrected chi connectivity index (χ0v) is 11.5. The van der Waals surface area contributed by atoms with Crippen LogP contribution in [0.25, 0.3) is 0 Å². The van der Waals surface area contributed by atoms with E-state index in [-0.39, 0.29) is 18.5 Å². The van der Waals surface area contributed by atoms with Gasteiger partial charge in [0.25, 0.3) is 5.56 Å². The molecule has 1 fully saturated rings. The van der Waals surface area contributed by atoms with Crippen molar-refractivity contribution in [3.05, 3.63) is 33.1 Å². The first-order valence-corrected chi connectivity index (χ1v) is 6.79. The van der Waals surface area contributed by atoms with Gasteiger partial charge in [0.1, 0.15) is 6.54 Å². The Hall–Kier alpha value is -1.89. The summed E-state index contributed by atoms with van der Waals surface area (Å²) in [6, 6.07) is 1.36. The predicted molar refractivity (Wildman–Crippen MR) is 72.6 cm³/mol. The van der Waals surface area contributed by atoms with Gasteiger partial charge in [0, 0.05) is 38.1 Å². The fourth-order valence-electron chi connectivity index (χ4n) is 2.20. The molecule has 0 radical (unpaired) electrons. The third kappa shape index (κ3) is 3.36. The minimum absolute atomic E-state index is 0.0593. The van der Waals surface area contributed by atoms with Crippen LogP contribution in [0, 0.1) is 0 Å². The van der Waals surface area contributed by atoms with E-state index in [2.05, 4.69) is 5.32 Å². The maximum Gasteiger partial charge on any atom is 0.331 e. The lowest BCUT2D eigenvalue weighted by molar-refractivity contribution is -0.123. The monoisotopic (exact) mass is 281 g/mol. The van der Waals surface area contributed by atoms with Crippen LogP contribution in [0.4, 0.5) is 0 Å². The molecule has 110 valence electrons. The lowest BCUT2D eigenvalue weighted by Gasteiger charge is -2.23. The molecule has 0 spiro atoms. The SMILES string of the molecule is CCn1ccc(=O)n(CC(=O)NC2CCOCC2)c1=O. The fraction of sp³-hybridized carbons (Fsp3) is 0.615. The van der Waals surface area contributed by atoms with Crippen molar-refractivity contribution < 1.29 is 9.53 Å². The van der Waals surface area contributed by atoms with E-state index in [1.807, 2.05) is 0 Å². The fourth-order valence-corrected chi connectivity index (χ4v) is 2.20. The van der Waals surface area contributed by atoms with Gasteiger partial charge in [-0.25, -0.2) is 4.79 Å². The van der Waals surface area contributed by atoms with Crippen LogP contribution < -0.4 is 16.6 Å². The zero-order chi connectivity index (χ0) is 14.5. The van der Waals surface area contributed by atoms with Gasteiger partial charge < -0.3 is 14.6 Å². The summed E-state index contributed by atoms with van der Waals surface area (Å²) in [5.74, 6) is -0.315. The number of nitrogens with zero attached hydrogens (tertiary/aromatic N) is 2. The first-order valence-electron chi connectivity index (χ1n) is 6.79. The highest BCUT2D eigenvalue weighted by atomic mass is 16.5. The molecule has 0 saturated carbocycles. The van der Waals surface area contributed by atoms with Gasteiger partial charge in [-0.2, -0.15) is 0 Å². The maximum atomic E-state index is 12.0. The van der Waals surface area contributed by atoms with E-state index in [4.69, 9.17) is 4.74 Å². The minimum atomic E-state index is -0.457. The smallest absolute Gasteiger partial charge is 0.331 e. The highest BCUT2D eigenvalue weighted by molar-refractivity contribution is 5.76. The summed E-state index contributed by atoms with van der Waals surface area (Å²) >= 11 is 0. The molecule has 1 aliphatic rings. The summed E-state index contributed by atoms with van der Waals surface area (Å²) in [7, 11) is 0. The molecule has 1 aromatic heterocycles. The number of ether oxygens (including phenoxy) is 1. The lowest BCUT2D eigenvalue weighted by Crippen LogP contribution is -2.46. The Bertz CT molecular complexity index is 584. The molecular formula is C13H19N3O4. The maximum absolute atomic E-state index is 12.0. The number of hydrogen-bond acceptors (Lipinski definition) is 4. The lowest BCUT2D eigenvalue weighted by atomic mass is 10.1. The van der Waals surface area contributed by atoms with Crippen LogP contribution in [0.5, 0.6) is 0 Å². The van der Waals surface area contributed by atoms with Crippen LogP contribution in [0.1, 0.15) is 19.8 Å². The van der Waals surface area contributed by atoms with E-state index in [0.29, 0.717) is 19.8 Å². The van der Waals surface area contributed by atoms with Gasteiger partial charge in [-0.1, -0.05) is 0 Å². The van der Waals surface area contributed by atoms with E-state index < -0.39 is 11.2 Å². The topological polar surface area (TPSA) is 82.3 Å². The molecule has 7 heteroatoms. The molecule has 0 bridgehead atoms. The van der Waals surface area contributed by atoms with Crippen molar-refractivity contribution in [2.24, 2.45) is 0 Å². The molecule has 0 aromatic carbocycles. The summed E-state index contributed by atoms with van der Waals surface area (Å²) < 4.78 is 7.56. The zero-order valence-electron chi connectivity index (χ0n) is 11.5. The second kappa shape index (κ2) is 6.51. The van der Waals surface area contributed by atoms with Crippen molar-refractivity contribution >= 4 is 5.91 Å². The number of hydrogen-bond donors (Lipinski definition) is 1. The molecule has 1 amide bonds. The van der Waals surface area contributed by atoms with Crippen LogP contribution >= 0.6 is 0 Å². The standard InChI is InChI=1S/C13H19N3O4/c1-2-15-6-3-12(18)16(13(15)19)9-11(17)14-10-4-7-20-8-5-10/h3,6,10H,2,4-5,7-9H2,1H3,(H,14,17). The Morgan fingerprint density at radius 1 is 1.40 bits per heavy atom. The largest absolute Gasteiger partial charge is 0.381 e. The first-order chi connectivity index (χ1) is 9.61. The Balaban J connectivity index is 2.07. The second-order valence-corrected chi connectivity index (χ2v) is 4.76. The molecule has 1 saturated heterocycles. The first kappa shape index (κ1) is 14.5. The number of carbonyl (C=O) groups excluding carboxylic acids is 1. The minimum Gasteiger partial charge on any atom is -0.381 e. The summed E-state index contributed by atoms with van der Waals surface area (Å²) in [6.45, 7) is 3.27. The molecular weight excluding hydrogens is 262 g/mol. The van der Waals surface area contributed by atoms with Gasteiger partial charge in [0.15, 0.2) is 0 Å². The van der Waals surface area contributed by atoms with Gasteiger partial charge in [-0.3, -0.25) is 14.2 Å². The van der Waals surface area contributed by atoms with Crippen LogP contribution in [-0.4, -0.2) is 34.3 Å². The highest BCUT2D eigenvalue weighted by Crippen LogP contribution is 2.05. The van der Waals surface area contributed by atoms with Crippen LogP contribution in [-0.2, 0) is 22.6 Å². The molecule has 20 heavy (non-hydrogen) atoms. The molecule has 0 unspecified atom stereocenters. The van der Waals surface area contributed by atoms with E-state index in [1.54, 1.807) is 6.92 Å². The Labute approximate surface area is 116 Å². The Morgan fingerprint density at radius 2 is 2.10 bits per heavy atom. The van der Waals surface area contributed by atoms with Crippen LogP contribution in [0.2, 0.25) is 0 Å². The molecule has 1 aromatic rings. The quantitative estimate of drug-likeness (QED) is 0.793. The molecule has 1 aliphatic heterocycles. The van der Waals surface area contributed by atoms with Crippen molar-refractivity contribution in [2.45, 2.75) is 38.9 Å². The Kier molecular flexibility index (Phi) is 4.73. The van der Waals surface area contributed by atoms with Gasteiger partial charge in [0.05, 0.1) is 0 Å². The number of aryl methyl sites for hydroxylation is 1. The van der Waals surface area contributed by atoms with Gasteiger partial charge in [0.2, 0.25) is 5.91 Å². The van der Waals surface area contributed by atoms with Crippen molar-refractivity contribution in [1.29, 1.82) is 0 Å². The highest BCUT2D eigenvalue weighted by Gasteiger charge is 2.17. The third-order valence-electron chi connectivity index (χ3n) is 3.37. The molecule has 2 rings (SSSR count). The summed E-state index contributed by atoms with van der Waals surface area (Å²) in [5, 5.41) is 2.83. The van der Waals surface area contributed by atoms with Crippen LogP contribution in [0.15, 0.2) is 21.9 Å². The number of aromatic nitrogens is 2. The molecule has 0 atom stereocenters. The number of carbonyl (C=O) groups is 1. The summed E-state index contributed by atoms with van der Waals surface area (Å²) in [6.07, 6.45) is 2.96. The normalized spacial score (nSPS) is 16.1. The van der Waals surface area contributed by atoms with Crippen LogP contribution in [0.3, 0.4) is 0 Å². The second-order valence-electron chi connectivity index (χ2n) is 4.76. The van der Waals surface area contributed by atoms with Crippen molar-refractivity contribution in [3.8, 4) is 0 Å². The number of rotatable bonds is 4. The average Bonchev–Trinajstić information content (AvgIpc) is 2.45. The van der Waals surface area contributed by atoms with E-state index >= 15 is 0 Å². The van der Waals surface area contributed by atoms with Crippen molar-refractivity contribution in [2.75, 3.05) is 13.2 Å². The predicted octanol–water partition coefficient (Wildman–Crippen LogP) is -0.675. The van der Waals surface area contributed by atoms with Gasteiger partial charge in [-0.05, 0) is 19.8 Å². The Morgan fingerprint density at radius 3 is 2.75 bits per heavy atom.